The Kier molecular flexibility index (Phi) is 5.54. The Hall–Kier alpha value is -2.60. The predicted octanol–water partition coefficient (Wildman–Crippen LogP) is 3.14. The maximum Gasteiger partial charge on any atom is 0.264 e. The molecule has 0 heterocycles. The number of thiocarbonyl (C=S) groups is 1. The molecule has 0 saturated heterocycles. The summed E-state index contributed by atoms with van der Waals surface area (Å²) in [6.07, 6.45) is 0. The Bertz CT molecular complexity index is 692. The van der Waals surface area contributed by atoms with Crippen LogP contribution < -0.4 is 20.1 Å². The molecule has 2 aromatic rings. The molecule has 23 heavy (non-hydrogen) atoms. The number of aryl methyl sites for hydroxylation is 1. The maximum atomic E-state index is 12.5. The molecule has 0 aliphatic rings. The van der Waals surface area contributed by atoms with Gasteiger partial charge in [0.1, 0.15) is 17.1 Å². The van der Waals surface area contributed by atoms with Crippen molar-refractivity contribution in [2.45, 2.75) is 6.92 Å². The van der Waals surface area contributed by atoms with Crippen molar-refractivity contribution >= 4 is 28.9 Å². The van der Waals surface area contributed by atoms with Crippen molar-refractivity contribution < 1.29 is 14.3 Å². The van der Waals surface area contributed by atoms with Crippen molar-refractivity contribution in [3.05, 3.63) is 53.6 Å². The van der Waals surface area contributed by atoms with Gasteiger partial charge in [-0.15, -0.1) is 0 Å². The first-order chi connectivity index (χ1) is 11.0. The van der Waals surface area contributed by atoms with Gasteiger partial charge in [0.25, 0.3) is 5.91 Å². The highest BCUT2D eigenvalue weighted by atomic mass is 32.1. The van der Waals surface area contributed by atoms with Crippen LogP contribution in [0.5, 0.6) is 11.5 Å². The topological polar surface area (TPSA) is 59.6 Å². The lowest BCUT2D eigenvalue weighted by Crippen LogP contribution is -2.34. The van der Waals surface area contributed by atoms with E-state index in [0.717, 1.165) is 11.3 Å². The fraction of sp³-hybridized carbons (Fsp3) is 0.176. The number of amides is 1. The van der Waals surface area contributed by atoms with Crippen molar-refractivity contribution in [1.29, 1.82) is 0 Å². The van der Waals surface area contributed by atoms with Gasteiger partial charge in [-0.3, -0.25) is 10.1 Å². The van der Waals surface area contributed by atoms with E-state index in [-0.39, 0.29) is 5.11 Å². The molecule has 120 valence electrons. The van der Waals surface area contributed by atoms with Gasteiger partial charge in [0.15, 0.2) is 5.11 Å². The molecular weight excluding hydrogens is 312 g/mol. The first-order valence-electron chi connectivity index (χ1n) is 6.95. The summed E-state index contributed by atoms with van der Waals surface area (Å²) in [4.78, 5) is 12.5. The van der Waals surface area contributed by atoms with Crippen LogP contribution in [0.4, 0.5) is 5.69 Å². The van der Waals surface area contributed by atoms with E-state index in [1.165, 1.54) is 14.2 Å². The standard InChI is InChI=1S/C17H18N2O3S/c1-11-7-9-12(10-8-11)18-17(23)19-16(20)15-13(21-2)5-4-6-14(15)22-3/h4-10H,1-3H3,(H2,18,19,20,23). The molecule has 0 bridgehead atoms. The largest absolute Gasteiger partial charge is 0.496 e. The Morgan fingerprint density at radius 1 is 1.00 bits per heavy atom. The van der Waals surface area contributed by atoms with E-state index in [4.69, 9.17) is 21.7 Å². The summed E-state index contributed by atoms with van der Waals surface area (Å²) in [6, 6.07) is 12.8. The number of carbonyl (C=O) groups excluding carboxylic acids is 1. The summed E-state index contributed by atoms with van der Waals surface area (Å²) in [5.41, 5.74) is 2.24. The van der Waals surface area contributed by atoms with Gasteiger partial charge in [-0.25, -0.2) is 0 Å². The highest BCUT2D eigenvalue weighted by molar-refractivity contribution is 7.80. The maximum absolute atomic E-state index is 12.5. The summed E-state index contributed by atoms with van der Waals surface area (Å²) in [5, 5.41) is 5.79. The van der Waals surface area contributed by atoms with Gasteiger partial charge >= 0.3 is 0 Å². The van der Waals surface area contributed by atoms with E-state index in [1.54, 1.807) is 18.2 Å². The molecule has 0 radical (unpaired) electrons. The van der Waals surface area contributed by atoms with Crippen molar-refractivity contribution in [2.24, 2.45) is 0 Å². The van der Waals surface area contributed by atoms with Gasteiger partial charge < -0.3 is 14.8 Å². The molecule has 0 fully saturated rings. The minimum Gasteiger partial charge on any atom is -0.496 e. The van der Waals surface area contributed by atoms with Crippen LogP contribution in [0, 0.1) is 6.92 Å². The zero-order valence-electron chi connectivity index (χ0n) is 13.2. The molecule has 0 atom stereocenters. The lowest BCUT2D eigenvalue weighted by Gasteiger charge is -2.14. The van der Waals surface area contributed by atoms with E-state index in [9.17, 15) is 4.79 Å². The van der Waals surface area contributed by atoms with Crippen molar-refractivity contribution in [3.63, 3.8) is 0 Å². The molecule has 0 spiro atoms. The molecule has 6 heteroatoms. The zero-order valence-corrected chi connectivity index (χ0v) is 14.0. The SMILES string of the molecule is COc1cccc(OC)c1C(=O)NC(=S)Nc1ccc(C)cc1. The minimum absolute atomic E-state index is 0.201. The summed E-state index contributed by atoms with van der Waals surface area (Å²) >= 11 is 5.18. The Morgan fingerprint density at radius 3 is 2.09 bits per heavy atom. The molecule has 5 nitrogen and oxygen atoms in total. The third-order valence-corrected chi connectivity index (χ3v) is 3.40. The van der Waals surface area contributed by atoms with Gasteiger partial charge in [-0.2, -0.15) is 0 Å². The summed E-state index contributed by atoms with van der Waals surface area (Å²) in [6.45, 7) is 2.00. The van der Waals surface area contributed by atoms with Crippen LogP contribution in [0.1, 0.15) is 15.9 Å². The highest BCUT2D eigenvalue weighted by Gasteiger charge is 2.19. The third-order valence-electron chi connectivity index (χ3n) is 3.19. The van der Waals surface area contributed by atoms with E-state index in [2.05, 4.69) is 10.6 Å². The highest BCUT2D eigenvalue weighted by Crippen LogP contribution is 2.27. The van der Waals surface area contributed by atoms with Crippen LogP contribution in [0.15, 0.2) is 42.5 Å². The zero-order chi connectivity index (χ0) is 16.8. The number of hydrogen-bond acceptors (Lipinski definition) is 4. The monoisotopic (exact) mass is 330 g/mol. The molecule has 1 amide bonds. The van der Waals surface area contributed by atoms with Gasteiger partial charge in [-0.05, 0) is 43.4 Å². The van der Waals surface area contributed by atoms with E-state index in [1.807, 2.05) is 31.2 Å². The predicted molar refractivity (Wildman–Crippen MR) is 94.4 cm³/mol. The summed E-state index contributed by atoms with van der Waals surface area (Å²) in [5.74, 6) is 0.434. The number of methoxy groups -OCH3 is 2. The number of nitrogens with one attached hydrogen (secondary N) is 2. The van der Waals surface area contributed by atoms with Crippen LogP contribution in [-0.2, 0) is 0 Å². The number of hydrogen-bond donors (Lipinski definition) is 2. The average Bonchev–Trinajstić information content (AvgIpc) is 2.55. The summed E-state index contributed by atoms with van der Waals surface area (Å²) < 4.78 is 10.4. The minimum atomic E-state index is -0.399. The molecule has 0 aliphatic heterocycles. The molecule has 0 aliphatic carbocycles. The fourth-order valence-corrected chi connectivity index (χ4v) is 2.25. The average molecular weight is 330 g/mol. The number of benzene rings is 2. The first-order valence-corrected chi connectivity index (χ1v) is 7.36. The Labute approximate surface area is 140 Å². The van der Waals surface area contributed by atoms with Crippen LogP contribution >= 0.6 is 12.2 Å². The fourth-order valence-electron chi connectivity index (χ4n) is 2.04. The van der Waals surface area contributed by atoms with Gasteiger partial charge in [0.2, 0.25) is 0 Å². The second kappa shape index (κ2) is 7.60. The lowest BCUT2D eigenvalue weighted by molar-refractivity contribution is 0.0971. The van der Waals surface area contributed by atoms with Gasteiger partial charge in [0, 0.05) is 5.69 Å². The quantitative estimate of drug-likeness (QED) is 0.844. The smallest absolute Gasteiger partial charge is 0.264 e. The van der Waals surface area contributed by atoms with Crippen LogP contribution in [0.3, 0.4) is 0 Å². The molecule has 0 unspecified atom stereocenters. The first kappa shape index (κ1) is 16.8. The van der Waals surface area contributed by atoms with Crippen molar-refractivity contribution in [3.8, 4) is 11.5 Å². The number of ether oxygens (including phenoxy) is 2. The molecule has 2 rings (SSSR count). The molecule has 0 saturated carbocycles. The van der Waals surface area contributed by atoms with Crippen LogP contribution in [-0.4, -0.2) is 25.2 Å². The second-order valence-corrected chi connectivity index (χ2v) is 5.22. The number of rotatable bonds is 4. The van der Waals surface area contributed by atoms with Gasteiger partial charge in [-0.1, -0.05) is 23.8 Å². The third kappa shape index (κ3) is 4.20. The van der Waals surface area contributed by atoms with E-state index < -0.39 is 5.91 Å². The molecule has 0 aromatic heterocycles. The number of carbonyl (C=O) groups is 1. The van der Waals surface area contributed by atoms with E-state index in [0.29, 0.717) is 17.1 Å². The van der Waals surface area contributed by atoms with Crippen LogP contribution in [0.2, 0.25) is 0 Å². The number of anilines is 1. The van der Waals surface area contributed by atoms with Crippen molar-refractivity contribution in [1.82, 2.24) is 5.32 Å². The van der Waals surface area contributed by atoms with E-state index >= 15 is 0 Å². The second-order valence-electron chi connectivity index (χ2n) is 4.81. The van der Waals surface area contributed by atoms with Crippen LogP contribution in [0.25, 0.3) is 0 Å². The van der Waals surface area contributed by atoms with Crippen molar-refractivity contribution in [2.75, 3.05) is 19.5 Å². The Morgan fingerprint density at radius 2 is 1.57 bits per heavy atom. The lowest BCUT2D eigenvalue weighted by atomic mass is 10.1. The molecule has 2 N–H and O–H groups in total. The molecule has 2 aromatic carbocycles. The Balaban J connectivity index is 2.12. The molecular formula is C17H18N2O3S. The normalized spacial score (nSPS) is 9.87. The summed E-state index contributed by atoms with van der Waals surface area (Å²) in [7, 11) is 2.99. The van der Waals surface area contributed by atoms with Gasteiger partial charge in [0.05, 0.1) is 14.2 Å².